The molecule has 0 atom stereocenters. The SMILES string of the molecule is C=C(C(=N)N)C1=C(N)CC=CC(c2ccc(NCC(C)(C)C3=CC/C=C(/F)CC=C3)nn2)=C1. The molecule has 0 aliphatic heterocycles. The Morgan fingerprint density at radius 2 is 1.94 bits per heavy atom. The van der Waals surface area contributed by atoms with Crippen molar-refractivity contribution in [2.45, 2.75) is 33.1 Å². The number of amidine groups is 1. The highest BCUT2D eigenvalue weighted by Gasteiger charge is 2.22. The lowest BCUT2D eigenvalue weighted by molar-refractivity contribution is 0.484. The Labute approximate surface area is 194 Å². The third kappa shape index (κ3) is 6.16. The summed E-state index contributed by atoms with van der Waals surface area (Å²) >= 11 is 0. The minimum absolute atomic E-state index is 0.0950. The molecule has 3 rings (SSSR count). The quantitative estimate of drug-likeness (QED) is 0.344. The van der Waals surface area contributed by atoms with Crippen molar-refractivity contribution >= 4 is 17.2 Å². The standard InChI is InChI=1S/C26H31FN6/c1-17(25(29)30)21-15-18(7-4-12-22(21)28)23-13-14-24(33-32-23)31-16-26(2,3)19-8-5-10-20(27)11-6-9-19/h4-5,7-9,11,13-15H,1,6,10,12,16,28H2,2-3H3,(H3,29,30)(H,31,33)/b8-5?,19-9?,20-11+. The molecule has 172 valence electrons. The number of halogens is 1. The fourth-order valence-corrected chi connectivity index (χ4v) is 3.56. The minimum Gasteiger partial charge on any atom is -0.401 e. The molecule has 0 bridgehead atoms. The molecule has 2 aliphatic carbocycles. The normalized spacial score (nSPS) is 18.3. The molecule has 0 amide bonds. The van der Waals surface area contributed by atoms with Crippen molar-refractivity contribution in [1.29, 1.82) is 5.41 Å². The molecule has 0 spiro atoms. The van der Waals surface area contributed by atoms with Crippen LogP contribution in [0.3, 0.4) is 0 Å². The van der Waals surface area contributed by atoms with Crippen molar-refractivity contribution in [1.82, 2.24) is 10.2 Å². The average molecular weight is 447 g/mol. The maximum Gasteiger partial charge on any atom is 0.148 e. The van der Waals surface area contributed by atoms with Crippen molar-refractivity contribution in [3.63, 3.8) is 0 Å². The Hall–Kier alpha value is -3.74. The van der Waals surface area contributed by atoms with Gasteiger partial charge in [-0.25, -0.2) is 4.39 Å². The fraction of sp³-hybridized carbons (Fsp3) is 0.269. The molecule has 0 radical (unpaired) electrons. The number of aromatic nitrogens is 2. The molecule has 2 aliphatic rings. The highest BCUT2D eigenvalue weighted by atomic mass is 19.1. The summed E-state index contributed by atoms with van der Waals surface area (Å²) < 4.78 is 13.4. The van der Waals surface area contributed by atoms with E-state index in [1.807, 2.05) is 42.5 Å². The zero-order valence-electron chi connectivity index (χ0n) is 19.2. The third-order valence-corrected chi connectivity index (χ3v) is 5.67. The van der Waals surface area contributed by atoms with Crippen LogP contribution in [0, 0.1) is 10.8 Å². The average Bonchev–Trinajstić information content (AvgIpc) is 2.96. The van der Waals surface area contributed by atoms with E-state index in [1.54, 1.807) is 6.08 Å². The van der Waals surface area contributed by atoms with Crippen molar-refractivity contribution in [2.24, 2.45) is 16.9 Å². The van der Waals surface area contributed by atoms with Gasteiger partial charge in [0.15, 0.2) is 0 Å². The number of nitrogens with one attached hydrogen (secondary N) is 2. The second-order valence-electron chi connectivity index (χ2n) is 8.73. The number of rotatable bonds is 7. The number of hydrogen-bond acceptors (Lipinski definition) is 5. The predicted molar refractivity (Wildman–Crippen MR) is 134 cm³/mol. The summed E-state index contributed by atoms with van der Waals surface area (Å²) in [5.41, 5.74) is 15.9. The van der Waals surface area contributed by atoms with E-state index in [0.717, 1.165) is 11.1 Å². The number of nitrogens with zero attached hydrogens (tertiary/aromatic N) is 2. The number of allylic oxidation sites excluding steroid dienone is 9. The van der Waals surface area contributed by atoms with Gasteiger partial charge in [0, 0.05) is 47.2 Å². The Morgan fingerprint density at radius 1 is 1.18 bits per heavy atom. The molecular formula is C26H31FN6. The first-order chi connectivity index (χ1) is 15.7. The molecular weight excluding hydrogens is 415 g/mol. The summed E-state index contributed by atoms with van der Waals surface area (Å²) in [4.78, 5) is 0. The summed E-state index contributed by atoms with van der Waals surface area (Å²) in [5, 5.41) is 19.7. The van der Waals surface area contributed by atoms with Crippen LogP contribution in [-0.2, 0) is 0 Å². The summed E-state index contributed by atoms with van der Waals surface area (Å²) in [6, 6.07) is 3.77. The van der Waals surface area contributed by atoms with Gasteiger partial charge < -0.3 is 16.8 Å². The maximum atomic E-state index is 13.4. The van der Waals surface area contributed by atoms with Gasteiger partial charge >= 0.3 is 0 Å². The second-order valence-corrected chi connectivity index (χ2v) is 8.73. The van der Waals surface area contributed by atoms with Crippen LogP contribution in [0.2, 0.25) is 0 Å². The largest absolute Gasteiger partial charge is 0.401 e. The van der Waals surface area contributed by atoms with Crippen LogP contribution in [0.5, 0.6) is 0 Å². The molecule has 0 fully saturated rings. The molecule has 0 saturated heterocycles. The monoisotopic (exact) mass is 446 g/mol. The molecule has 7 heteroatoms. The Bertz CT molecular complexity index is 1110. The van der Waals surface area contributed by atoms with E-state index in [0.29, 0.717) is 54.2 Å². The van der Waals surface area contributed by atoms with Gasteiger partial charge in [-0.15, -0.1) is 10.2 Å². The Balaban J connectivity index is 1.73. The van der Waals surface area contributed by atoms with E-state index in [-0.39, 0.29) is 17.1 Å². The van der Waals surface area contributed by atoms with Crippen molar-refractivity contribution in [3.8, 4) is 0 Å². The van der Waals surface area contributed by atoms with Gasteiger partial charge in [0.05, 0.1) is 5.69 Å². The predicted octanol–water partition coefficient (Wildman–Crippen LogP) is 5.09. The molecule has 0 aromatic carbocycles. The van der Waals surface area contributed by atoms with Gasteiger partial charge in [-0.2, -0.15) is 0 Å². The van der Waals surface area contributed by atoms with E-state index in [9.17, 15) is 4.39 Å². The lowest BCUT2D eigenvalue weighted by Crippen LogP contribution is -2.25. The van der Waals surface area contributed by atoms with Gasteiger partial charge in [-0.1, -0.05) is 50.8 Å². The van der Waals surface area contributed by atoms with E-state index in [1.165, 1.54) is 0 Å². The summed E-state index contributed by atoms with van der Waals surface area (Å²) in [6.45, 7) is 8.80. The molecule has 6 N–H and O–H groups in total. The highest BCUT2D eigenvalue weighted by molar-refractivity contribution is 6.00. The summed E-state index contributed by atoms with van der Waals surface area (Å²) in [5.74, 6) is 0.450. The number of hydrogen-bond donors (Lipinski definition) is 4. The number of nitrogens with two attached hydrogens (primary N) is 2. The topological polar surface area (TPSA) is 114 Å². The minimum atomic E-state index is -0.171. The van der Waals surface area contributed by atoms with Gasteiger partial charge in [0.2, 0.25) is 0 Å². The first kappa shape index (κ1) is 23.9. The molecule has 6 nitrogen and oxygen atoms in total. The van der Waals surface area contributed by atoms with Crippen LogP contribution in [0.4, 0.5) is 10.2 Å². The Kier molecular flexibility index (Phi) is 7.43. The van der Waals surface area contributed by atoms with Crippen molar-refractivity contribution < 1.29 is 4.39 Å². The second kappa shape index (κ2) is 10.3. The first-order valence-electron chi connectivity index (χ1n) is 10.9. The zero-order chi connectivity index (χ0) is 24.0. The van der Waals surface area contributed by atoms with Gasteiger partial charge in [-0.05, 0) is 36.3 Å². The van der Waals surface area contributed by atoms with E-state index in [2.05, 4.69) is 42.0 Å². The lowest BCUT2D eigenvalue weighted by atomic mass is 9.82. The molecule has 1 heterocycles. The molecule has 0 unspecified atom stereocenters. The third-order valence-electron chi connectivity index (χ3n) is 5.67. The first-order valence-corrected chi connectivity index (χ1v) is 10.9. The van der Waals surface area contributed by atoms with Crippen molar-refractivity contribution in [3.05, 3.63) is 95.2 Å². The molecule has 1 aromatic rings. The van der Waals surface area contributed by atoms with Crippen LogP contribution in [0.25, 0.3) is 5.57 Å². The lowest BCUT2D eigenvalue weighted by Gasteiger charge is -2.27. The van der Waals surface area contributed by atoms with E-state index >= 15 is 0 Å². The van der Waals surface area contributed by atoms with Crippen LogP contribution in [-0.4, -0.2) is 22.6 Å². The molecule has 1 aromatic heterocycles. The summed E-state index contributed by atoms with van der Waals surface area (Å²) in [7, 11) is 0. The smallest absolute Gasteiger partial charge is 0.148 e. The maximum absolute atomic E-state index is 13.4. The zero-order valence-corrected chi connectivity index (χ0v) is 19.2. The Morgan fingerprint density at radius 3 is 2.64 bits per heavy atom. The fourth-order valence-electron chi connectivity index (χ4n) is 3.56. The summed E-state index contributed by atoms with van der Waals surface area (Å²) in [6.07, 6.45) is 14.7. The molecule has 0 saturated carbocycles. The highest BCUT2D eigenvalue weighted by Crippen LogP contribution is 2.30. The van der Waals surface area contributed by atoms with Gasteiger partial charge in [-0.3, -0.25) is 5.41 Å². The van der Waals surface area contributed by atoms with Gasteiger partial charge in [0.25, 0.3) is 0 Å². The van der Waals surface area contributed by atoms with Gasteiger partial charge in [0.1, 0.15) is 17.5 Å². The number of anilines is 1. The van der Waals surface area contributed by atoms with Crippen molar-refractivity contribution in [2.75, 3.05) is 11.9 Å². The van der Waals surface area contributed by atoms with E-state index < -0.39 is 0 Å². The van der Waals surface area contributed by atoms with Crippen LogP contribution < -0.4 is 16.8 Å². The van der Waals surface area contributed by atoms with Crippen LogP contribution in [0.1, 0.15) is 38.8 Å². The van der Waals surface area contributed by atoms with Crippen LogP contribution in [0.15, 0.2) is 89.5 Å². The van der Waals surface area contributed by atoms with Crippen LogP contribution >= 0.6 is 0 Å². The molecule has 33 heavy (non-hydrogen) atoms. The van der Waals surface area contributed by atoms with E-state index in [4.69, 9.17) is 16.9 Å².